The fraction of sp³-hybridized carbons (Fsp3) is 0.176. The molecule has 0 atom stereocenters. The van der Waals surface area contributed by atoms with Gasteiger partial charge in [0.15, 0.2) is 23.0 Å². The van der Waals surface area contributed by atoms with Gasteiger partial charge in [0.25, 0.3) is 0 Å². The Balaban J connectivity index is 2.03. The van der Waals surface area contributed by atoms with Crippen molar-refractivity contribution in [1.82, 2.24) is 0 Å². The van der Waals surface area contributed by atoms with E-state index in [9.17, 15) is 0 Å². The summed E-state index contributed by atoms with van der Waals surface area (Å²) in [7, 11) is 4.78. The fourth-order valence-corrected chi connectivity index (χ4v) is 2.26. The predicted molar refractivity (Wildman–Crippen MR) is 80.4 cm³/mol. The van der Waals surface area contributed by atoms with Crippen molar-refractivity contribution >= 4 is 11.5 Å². The Labute approximate surface area is 123 Å². The maximum absolute atomic E-state index is 5.64. The highest BCUT2D eigenvalue weighted by atomic mass is 16.6. The van der Waals surface area contributed by atoms with Gasteiger partial charge in [-0.25, -0.2) is 0 Å². The molecule has 1 aliphatic heterocycles. The van der Waals surface area contributed by atoms with Crippen molar-refractivity contribution in [3.63, 3.8) is 0 Å². The van der Waals surface area contributed by atoms with Gasteiger partial charge in [0, 0.05) is 11.1 Å². The average molecular weight is 284 g/mol. The van der Waals surface area contributed by atoms with Gasteiger partial charge in [-0.2, -0.15) is 0 Å². The number of ether oxygens (including phenoxy) is 4. The van der Waals surface area contributed by atoms with Gasteiger partial charge in [-0.1, -0.05) is 30.3 Å². The Morgan fingerprint density at radius 3 is 1.81 bits per heavy atom. The second-order valence-corrected chi connectivity index (χ2v) is 4.54. The molecule has 0 aromatic heterocycles. The highest BCUT2D eigenvalue weighted by Gasteiger charge is 2.30. The molecule has 4 heteroatoms. The van der Waals surface area contributed by atoms with E-state index in [4.69, 9.17) is 18.9 Å². The molecule has 0 aliphatic carbocycles. The topological polar surface area (TPSA) is 40.2 Å². The van der Waals surface area contributed by atoms with Gasteiger partial charge in [0.05, 0.1) is 21.3 Å². The van der Waals surface area contributed by atoms with Gasteiger partial charge >= 0.3 is 0 Å². The van der Waals surface area contributed by atoms with Crippen molar-refractivity contribution in [3.8, 4) is 17.2 Å². The predicted octanol–water partition coefficient (Wildman–Crippen LogP) is 3.57. The minimum absolute atomic E-state index is 0.575. The maximum Gasteiger partial charge on any atom is 0.203 e. The Kier molecular flexibility index (Phi) is 3.44. The highest BCUT2D eigenvalue weighted by molar-refractivity contribution is 5.97. The first kappa shape index (κ1) is 13.4. The molecule has 0 fully saturated rings. The second-order valence-electron chi connectivity index (χ2n) is 4.54. The molecule has 0 bridgehead atoms. The zero-order valence-corrected chi connectivity index (χ0v) is 12.2. The van der Waals surface area contributed by atoms with E-state index >= 15 is 0 Å². The summed E-state index contributed by atoms with van der Waals surface area (Å²) in [6.45, 7) is 0. The Morgan fingerprint density at radius 1 is 0.714 bits per heavy atom. The Bertz CT molecular complexity index is 664. The molecular weight excluding hydrogens is 268 g/mol. The van der Waals surface area contributed by atoms with Crippen LogP contribution in [0.2, 0.25) is 0 Å². The van der Waals surface area contributed by atoms with Crippen LogP contribution in [0.4, 0.5) is 0 Å². The smallest absolute Gasteiger partial charge is 0.203 e. The first-order chi connectivity index (χ1) is 10.3. The number of hydrogen-bond donors (Lipinski definition) is 0. The van der Waals surface area contributed by atoms with Crippen molar-refractivity contribution in [2.75, 3.05) is 21.3 Å². The first-order valence-corrected chi connectivity index (χ1v) is 6.56. The monoisotopic (exact) mass is 284 g/mol. The average Bonchev–Trinajstić information content (AvgIpc) is 3.34. The number of hydrogen-bond acceptors (Lipinski definition) is 4. The normalized spacial score (nSPS) is 12.7. The van der Waals surface area contributed by atoms with Gasteiger partial charge in [-0.05, 0) is 12.1 Å². The van der Waals surface area contributed by atoms with Crippen LogP contribution in [0.25, 0.3) is 11.5 Å². The molecule has 0 saturated heterocycles. The SMILES string of the molecule is COc1cc(C2=C(c3ccccc3)O2)cc(OC)c1OC. The van der Waals surface area contributed by atoms with Crippen molar-refractivity contribution in [2.45, 2.75) is 0 Å². The van der Waals surface area contributed by atoms with E-state index in [1.54, 1.807) is 21.3 Å². The molecule has 3 rings (SSSR count). The van der Waals surface area contributed by atoms with E-state index < -0.39 is 0 Å². The zero-order chi connectivity index (χ0) is 14.8. The number of rotatable bonds is 5. The zero-order valence-electron chi connectivity index (χ0n) is 12.2. The lowest BCUT2D eigenvalue weighted by atomic mass is 10.1. The molecule has 1 heterocycles. The third-order valence-electron chi connectivity index (χ3n) is 3.33. The van der Waals surface area contributed by atoms with E-state index in [1.807, 2.05) is 42.5 Å². The lowest BCUT2D eigenvalue weighted by Crippen LogP contribution is -1.95. The van der Waals surface area contributed by atoms with Crippen molar-refractivity contribution < 1.29 is 18.9 Å². The van der Waals surface area contributed by atoms with E-state index in [0.717, 1.165) is 22.6 Å². The molecule has 0 N–H and O–H groups in total. The van der Waals surface area contributed by atoms with Crippen molar-refractivity contribution in [3.05, 3.63) is 53.6 Å². The fourth-order valence-electron chi connectivity index (χ4n) is 2.26. The van der Waals surface area contributed by atoms with Crippen LogP contribution in [0, 0.1) is 0 Å². The summed E-state index contributed by atoms with van der Waals surface area (Å²) in [6.07, 6.45) is 0. The van der Waals surface area contributed by atoms with E-state index in [1.165, 1.54) is 0 Å². The Morgan fingerprint density at radius 2 is 1.29 bits per heavy atom. The second kappa shape index (κ2) is 5.40. The lowest BCUT2D eigenvalue weighted by Gasteiger charge is -2.12. The molecule has 108 valence electrons. The first-order valence-electron chi connectivity index (χ1n) is 6.56. The summed E-state index contributed by atoms with van der Waals surface area (Å²) >= 11 is 0. The molecule has 4 nitrogen and oxygen atoms in total. The largest absolute Gasteiger partial charge is 0.493 e. The summed E-state index contributed by atoms with van der Waals surface area (Å²) in [5, 5.41) is 0. The molecule has 2 aromatic rings. The van der Waals surface area contributed by atoms with Crippen LogP contribution >= 0.6 is 0 Å². The van der Waals surface area contributed by atoms with Crippen LogP contribution in [0.1, 0.15) is 11.1 Å². The van der Waals surface area contributed by atoms with Gasteiger partial charge in [-0.15, -0.1) is 0 Å². The summed E-state index contributed by atoms with van der Waals surface area (Å²) in [5.74, 6) is 3.51. The summed E-state index contributed by atoms with van der Waals surface area (Å²) in [6, 6.07) is 13.7. The van der Waals surface area contributed by atoms with E-state index in [0.29, 0.717) is 17.2 Å². The van der Waals surface area contributed by atoms with Gasteiger partial charge in [0.2, 0.25) is 5.75 Å². The molecular formula is C17H16O4. The summed E-state index contributed by atoms with van der Waals surface area (Å²) < 4.78 is 21.7. The minimum atomic E-state index is 0.575. The summed E-state index contributed by atoms with van der Waals surface area (Å²) in [4.78, 5) is 0. The standard InChI is InChI=1S/C17H16O4/c1-18-13-9-12(10-14(19-2)17(13)20-3)16-15(21-16)11-7-5-4-6-8-11/h4-10H,1-3H3. The Hall–Kier alpha value is -2.62. The van der Waals surface area contributed by atoms with Gasteiger partial charge < -0.3 is 18.9 Å². The number of methoxy groups -OCH3 is 3. The number of benzene rings is 2. The van der Waals surface area contributed by atoms with Crippen LogP contribution in [-0.4, -0.2) is 21.3 Å². The van der Waals surface area contributed by atoms with Gasteiger partial charge in [-0.3, -0.25) is 0 Å². The molecule has 0 amide bonds. The van der Waals surface area contributed by atoms with Crippen molar-refractivity contribution in [1.29, 1.82) is 0 Å². The van der Waals surface area contributed by atoms with Crippen LogP contribution in [0.5, 0.6) is 17.2 Å². The maximum atomic E-state index is 5.64. The van der Waals surface area contributed by atoms with E-state index in [-0.39, 0.29) is 0 Å². The van der Waals surface area contributed by atoms with Crippen LogP contribution in [-0.2, 0) is 4.74 Å². The molecule has 1 aliphatic rings. The lowest BCUT2D eigenvalue weighted by molar-refractivity contribution is 0.324. The highest BCUT2D eigenvalue weighted by Crippen LogP contribution is 2.47. The molecule has 0 radical (unpaired) electrons. The van der Waals surface area contributed by atoms with Crippen LogP contribution in [0.3, 0.4) is 0 Å². The quantitative estimate of drug-likeness (QED) is 0.841. The summed E-state index contributed by atoms with van der Waals surface area (Å²) in [5.41, 5.74) is 1.96. The molecule has 0 saturated carbocycles. The third kappa shape index (κ3) is 2.40. The minimum Gasteiger partial charge on any atom is -0.493 e. The third-order valence-corrected chi connectivity index (χ3v) is 3.33. The molecule has 2 aromatic carbocycles. The molecule has 0 unspecified atom stereocenters. The molecule has 0 spiro atoms. The van der Waals surface area contributed by atoms with Crippen LogP contribution in [0.15, 0.2) is 42.5 Å². The molecule has 21 heavy (non-hydrogen) atoms. The van der Waals surface area contributed by atoms with Crippen molar-refractivity contribution in [2.24, 2.45) is 0 Å². The van der Waals surface area contributed by atoms with Gasteiger partial charge in [0.1, 0.15) is 0 Å². The van der Waals surface area contributed by atoms with Crippen LogP contribution < -0.4 is 14.2 Å². The van der Waals surface area contributed by atoms with E-state index in [2.05, 4.69) is 0 Å².